The Bertz CT molecular complexity index is 662. The lowest BCUT2D eigenvalue weighted by Crippen LogP contribution is -2.30. The molecule has 0 saturated carbocycles. The average Bonchev–Trinajstić information content (AvgIpc) is 2.97. The highest BCUT2D eigenvalue weighted by Gasteiger charge is 2.31. The Morgan fingerprint density at radius 3 is 2.71 bits per heavy atom. The predicted octanol–water partition coefficient (Wildman–Crippen LogP) is 4.37. The van der Waals surface area contributed by atoms with Crippen LogP contribution < -0.4 is 0 Å². The quantitative estimate of drug-likeness (QED) is 0.818. The van der Waals surface area contributed by atoms with Crippen molar-refractivity contribution < 1.29 is 9.18 Å². The number of benzene rings is 2. The molecule has 0 spiro atoms. The third kappa shape index (κ3) is 3.06. The molecule has 0 N–H and O–H groups in total. The van der Waals surface area contributed by atoms with E-state index in [1.807, 2.05) is 6.07 Å². The van der Waals surface area contributed by atoms with E-state index in [1.165, 1.54) is 12.1 Å². The van der Waals surface area contributed by atoms with Crippen LogP contribution in [-0.4, -0.2) is 23.1 Å². The largest absolute Gasteiger partial charge is 0.322 e. The van der Waals surface area contributed by atoms with Gasteiger partial charge in [-0.2, -0.15) is 0 Å². The molecule has 0 aliphatic carbocycles. The Labute approximate surface area is 131 Å². The van der Waals surface area contributed by atoms with Gasteiger partial charge in [0.05, 0.1) is 0 Å². The maximum atomic E-state index is 13.4. The normalized spacial score (nSPS) is 18.0. The van der Waals surface area contributed by atoms with Crippen molar-refractivity contribution in [3.63, 3.8) is 0 Å². The molecule has 2 aromatic rings. The van der Waals surface area contributed by atoms with Crippen molar-refractivity contribution in [2.24, 2.45) is 0 Å². The smallest absolute Gasteiger partial charge is 0.255 e. The lowest BCUT2D eigenvalue weighted by atomic mass is 10.1. The zero-order chi connectivity index (χ0) is 14.8. The molecule has 1 aliphatic rings. The van der Waals surface area contributed by atoms with Crippen LogP contribution in [0.4, 0.5) is 4.39 Å². The van der Waals surface area contributed by atoms with Gasteiger partial charge in [0, 0.05) is 22.9 Å². The summed E-state index contributed by atoms with van der Waals surface area (Å²) in [7, 11) is 0. The highest BCUT2D eigenvalue weighted by molar-refractivity contribution is 7.99. The van der Waals surface area contributed by atoms with Crippen molar-refractivity contribution in [3.05, 3.63) is 70.5 Å². The topological polar surface area (TPSA) is 20.3 Å². The van der Waals surface area contributed by atoms with Crippen molar-refractivity contribution in [2.75, 3.05) is 12.3 Å². The summed E-state index contributed by atoms with van der Waals surface area (Å²) in [6.45, 7) is 0.660. The summed E-state index contributed by atoms with van der Waals surface area (Å²) >= 11 is 7.50. The lowest BCUT2D eigenvalue weighted by molar-refractivity contribution is 0.0760. The maximum Gasteiger partial charge on any atom is 0.255 e. The zero-order valence-corrected chi connectivity index (χ0v) is 12.7. The van der Waals surface area contributed by atoms with E-state index in [0.29, 0.717) is 17.1 Å². The minimum atomic E-state index is -0.279. The van der Waals surface area contributed by atoms with Gasteiger partial charge in [0.15, 0.2) is 0 Å². The predicted molar refractivity (Wildman–Crippen MR) is 84.1 cm³/mol. The van der Waals surface area contributed by atoms with Crippen LogP contribution in [0.5, 0.6) is 0 Å². The van der Waals surface area contributed by atoms with Gasteiger partial charge < -0.3 is 4.90 Å². The second kappa shape index (κ2) is 6.08. The van der Waals surface area contributed by atoms with Crippen LogP contribution >= 0.6 is 23.4 Å². The number of carbonyl (C=O) groups excluding carboxylic acids is 1. The molecule has 2 aromatic carbocycles. The highest BCUT2D eigenvalue weighted by atomic mass is 35.5. The van der Waals surface area contributed by atoms with E-state index >= 15 is 0 Å². The third-order valence-corrected chi connectivity index (χ3v) is 4.89. The lowest BCUT2D eigenvalue weighted by Gasteiger charge is -2.24. The first kappa shape index (κ1) is 14.4. The Morgan fingerprint density at radius 1 is 1.24 bits per heavy atom. The average molecular weight is 322 g/mol. The van der Waals surface area contributed by atoms with E-state index in [2.05, 4.69) is 0 Å². The third-order valence-electron chi connectivity index (χ3n) is 3.38. The van der Waals surface area contributed by atoms with Crippen molar-refractivity contribution in [3.8, 4) is 0 Å². The molecule has 0 bridgehead atoms. The number of carbonyl (C=O) groups is 1. The molecular weight excluding hydrogens is 309 g/mol. The number of thioether (sulfide) groups is 1. The number of hydrogen-bond acceptors (Lipinski definition) is 2. The van der Waals surface area contributed by atoms with Gasteiger partial charge in [-0.15, -0.1) is 11.8 Å². The van der Waals surface area contributed by atoms with Crippen LogP contribution in [0.25, 0.3) is 0 Å². The molecule has 0 unspecified atom stereocenters. The summed E-state index contributed by atoms with van der Waals surface area (Å²) in [4.78, 5) is 14.4. The first-order chi connectivity index (χ1) is 10.1. The van der Waals surface area contributed by atoms with E-state index in [-0.39, 0.29) is 17.1 Å². The molecule has 0 radical (unpaired) electrons. The van der Waals surface area contributed by atoms with Crippen LogP contribution in [0.2, 0.25) is 5.02 Å². The summed E-state index contributed by atoms with van der Waals surface area (Å²) < 4.78 is 13.4. The van der Waals surface area contributed by atoms with Gasteiger partial charge in [-0.1, -0.05) is 23.7 Å². The van der Waals surface area contributed by atoms with Crippen LogP contribution in [-0.2, 0) is 0 Å². The molecule has 1 fully saturated rings. The van der Waals surface area contributed by atoms with Crippen LogP contribution in [0, 0.1) is 5.82 Å². The van der Waals surface area contributed by atoms with E-state index in [4.69, 9.17) is 11.6 Å². The fraction of sp³-hybridized carbons (Fsp3) is 0.188. The second-order valence-electron chi connectivity index (χ2n) is 4.78. The van der Waals surface area contributed by atoms with E-state index < -0.39 is 0 Å². The zero-order valence-electron chi connectivity index (χ0n) is 11.1. The van der Waals surface area contributed by atoms with Crippen molar-refractivity contribution in [1.82, 2.24) is 4.90 Å². The number of halogens is 2. The number of nitrogens with zero attached hydrogens (tertiary/aromatic N) is 1. The van der Waals surface area contributed by atoms with Gasteiger partial charge in [0.2, 0.25) is 0 Å². The Morgan fingerprint density at radius 2 is 2.00 bits per heavy atom. The summed E-state index contributed by atoms with van der Waals surface area (Å²) in [6.07, 6.45) is 0. The Kier molecular flexibility index (Phi) is 4.17. The van der Waals surface area contributed by atoms with Crippen molar-refractivity contribution in [1.29, 1.82) is 0 Å². The Hall–Kier alpha value is -1.52. The first-order valence-electron chi connectivity index (χ1n) is 6.59. The highest BCUT2D eigenvalue weighted by Crippen LogP contribution is 2.38. The van der Waals surface area contributed by atoms with Gasteiger partial charge in [-0.3, -0.25) is 4.79 Å². The molecule has 0 aromatic heterocycles. The van der Waals surface area contributed by atoms with Gasteiger partial charge >= 0.3 is 0 Å². The molecular formula is C16H13ClFNOS. The van der Waals surface area contributed by atoms with E-state index in [9.17, 15) is 9.18 Å². The summed E-state index contributed by atoms with van der Waals surface area (Å²) in [6, 6.07) is 13.3. The molecule has 21 heavy (non-hydrogen) atoms. The molecule has 1 heterocycles. The Balaban J connectivity index is 1.87. The molecule has 1 atom stereocenters. The minimum Gasteiger partial charge on any atom is -0.322 e. The molecule has 108 valence electrons. The standard InChI is InChI=1S/C16H13ClFNOS/c17-13-6-4-11(5-7-13)15(20)19-8-9-21-16(19)12-2-1-3-14(18)10-12/h1-7,10,16H,8-9H2/t16-/m1/s1. The van der Waals surface area contributed by atoms with Gasteiger partial charge in [-0.05, 0) is 42.0 Å². The molecule has 5 heteroatoms. The van der Waals surface area contributed by atoms with Gasteiger partial charge in [0.25, 0.3) is 5.91 Å². The van der Waals surface area contributed by atoms with Gasteiger partial charge in [0.1, 0.15) is 11.2 Å². The maximum absolute atomic E-state index is 13.4. The number of amides is 1. The second-order valence-corrected chi connectivity index (χ2v) is 6.41. The van der Waals surface area contributed by atoms with E-state index in [0.717, 1.165) is 11.3 Å². The fourth-order valence-corrected chi connectivity index (χ4v) is 3.74. The van der Waals surface area contributed by atoms with Crippen molar-refractivity contribution >= 4 is 29.3 Å². The van der Waals surface area contributed by atoms with Crippen LogP contribution in [0.1, 0.15) is 21.3 Å². The van der Waals surface area contributed by atoms with Crippen LogP contribution in [0.3, 0.4) is 0 Å². The summed E-state index contributed by atoms with van der Waals surface area (Å²) in [5.41, 5.74) is 1.42. The number of rotatable bonds is 2. The SMILES string of the molecule is O=C(c1ccc(Cl)cc1)N1CCS[C@@H]1c1cccc(F)c1. The molecule has 2 nitrogen and oxygen atoms in total. The molecule has 3 rings (SSSR count). The monoisotopic (exact) mass is 321 g/mol. The fourth-order valence-electron chi connectivity index (χ4n) is 2.37. The van der Waals surface area contributed by atoms with E-state index in [1.54, 1.807) is 47.0 Å². The molecule has 1 amide bonds. The summed E-state index contributed by atoms with van der Waals surface area (Å²) in [5.74, 6) is 0.519. The molecule has 1 aliphatic heterocycles. The number of hydrogen-bond donors (Lipinski definition) is 0. The van der Waals surface area contributed by atoms with Crippen LogP contribution in [0.15, 0.2) is 48.5 Å². The summed E-state index contributed by atoms with van der Waals surface area (Å²) in [5, 5.41) is 0.466. The molecule has 1 saturated heterocycles. The van der Waals surface area contributed by atoms with Gasteiger partial charge in [-0.25, -0.2) is 4.39 Å². The minimum absolute atomic E-state index is 0.0501. The van der Waals surface area contributed by atoms with Crippen molar-refractivity contribution in [2.45, 2.75) is 5.37 Å². The first-order valence-corrected chi connectivity index (χ1v) is 8.01.